The monoisotopic (exact) mass is 396 g/mol. The van der Waals surface area contributed by atoms with E-state index in [-0.39, 0.29) is 29.8 Å². The van der Waals surface area contributed by atoms with Crippen molar-refractivity contribution in [2.24, 2.45) is 0 Å². The molecule has 1 aromatic rings. The first kappa shape index (κ1) is 19.5. The highest BCUT2D eigenvalue weighted by Crippen LogP contribution is 2.33. The van der Waals surface area contributed by atoms with Crippen LogP contribution in [0.5, 0.6) is 0 Å². The van der Waals surface area contributed by atoms with Crippen LogP contribution in [0, 0.1) is 0 Å². The summed E-state index contributed by atoms with van der Waals surface area (Å²) in [6, 6.07) is 6.83. The van der Waals surface area contributed by atoms with E-state index in [2.05, 4.69) is 5.32 Å². The van der Waals surface area contributed by atoms with Crippen molar-refractivity contribution in [3.63, 3.8) is 0 Å². The zero-order valence-electron chi connectivity index (χ0n) is 14.9. The van der Waals surface area contributed by atoms with E-state index in [1.165, 1.54) is 0 Å². The summed E-state index contributed by atoms with van der Waals surface area (Å²) in [5.41, 5.74) is 0.787. The third kappa shape index (κ3) is 4.52. The Morgan fingerprint density at radius 3 is 2.19 bits per heavy atom. The van der Waals surface area contributed by atoms with Crippen LogP contribution < -0.4 is 5.32 Å². The van der Waals surface area contributed by atoms with Gasteiger partial charge in [-0.15, -0.1) is 11.6 Å². The molecule has 26 heavy (non-hydrogen) atoms. The highest BCUT2D eigenvalue weighted by Gasteiger charge is 2.37. The molecule has 1 N–H and O–H groups in total. The van der Waals surface area contributed by atoms with Crippen molar-refractivity contribution >= 4 is 35.0 Å². The van der Waals surface area contributed by atoms with Gasteiger partial charge >= 0.3 is 0 Å². The minimum atomic E-state index is -0.651. The van der Waals surface area contributed by atoms with E-state index in [0.717, 1.165) is 56.9 Å². The van der Waals surface area contributed by atoms with E-state index in [9.17, 15) is 9.59 Å². The number of amides is 2. The molecule has 0 bridgehead atoms. The molecule has 0 unspecified atom stereocenters. The van der Waals surface area contributed by atoms with Crippen LogP contribution in [0.25, 0.3) is 0 Å². The standard InChI is InChI=1S/C20H26Cl2N2O2/c21-13-18(25)24(17-7-3-4-8-17)19(14-9-11-15(22)12-10-14)20(26)23-16-5-1-2-6-16/h9-12,16-17,19H,1-8,13H2,(H,23,26)/t19-/m1/s1. The van der Waals surface area contributed by atoms with Gasteiger partial charge in [0.2, 0.25) is 11.8 Å². The molecule has 2 amide bonds. The molecule has 0 saturated heterocycles. The molecular formula is C20H26Cl2N2O2. The zero-order chi connectivity index (χ0) is 18.5. The first-order valence-corrected chi connectivity index (χ1v) is 10.4. The van der Waals surface area contributed by atoms with E-state index in [4.69, 9.17) is 23.2 Å². The second kappa shape index (κ2) is 9.09. The van der Waals surface area contributed by atoms with Gasteiger partial charge in [-0.25, -0.2) is 0 Å². The fourth-order valence-electron chi connectivity index (χ4n) is 4.24. The molecule has 2 aliphatic carbocycles. The number of carbonyl (C=O) groups excluding carboxylic acids is 2. The highest BCUT2D eigenvalue weighted by molar-refractivity contribution is 6.30. The molecular weight excluding hydrogens is 371 g/mol. The summed E-state index contributed by atoms with van der Waals surface area (Å²) in [5.74, 6) is -0.401. The Labute approximate surface area is 165 Å². The summed E-state index contributed by atoms with van der Waals surface area (Å²) < 4.78 is 0. The predicted octanol–water partition coefficient (Wildman–Crippen LogP) is 4.45. The number of nitrogens with one attached hydrogen (secondary N) is 1. The Morgan fingerprint density at radius 2 is 1.62 bits per heavy atom. The third-order valence-electron chi connectivity index (χ3n) is 5.53. The largest absolute Gasteiger partial charge is 0.351 e. The summed E-state index contributed by atoms with van der Waals surface area (Å²) in [5, 5.41) is 3.78. The molecule has 0 heterocycles. The number of nitrogens with zero attached hydrogens (tertiary/aromatic N) is 1. The van der Waals surface area contributed by atoms with Gasteiger partial charge < -0.3 is 10.2 Å². The minimum absolute atomic E-state index is 0.0660. The zero-order valence-corrected chi connectivity index (χ0v) is 16.4. The second-order valence-electron chi connectivity index (χ2n) is 7.32. The van der Waals surface area contributed by atoms with Crippen LogP contribution in [-0.2, 0) is 9.59 Å². The SMILES string of the molecule is O=C(NC1CCCC1)[C@@H](c1ccc(Cl)cc1)N(C(=O)CCl)C1CCCC1. The molecule has 2 saturated carbocycles. The Bertz CT molecular complexity index is 623. The molecule has 2 aliphatic rings. The lowest BCUT2D eigenvalue weighted by molar-refractivity contribution is -0.142. The third-order valence-corrected chi connectivity index (χ3v) is 6.01. The Kier molecular flexibility index (Phi) is 6.82. The smallest absolute Gasteiger partial charge is 0.247 e. The van der Waals surface area contributed by atoms with Crippen LogP contribution in [0.2, 0.25) is 5.02 Å². The maximum absolute atomic E-state index is 13.2. The summed E-state index contributed by atoms with van der Waals surface area (Å²) in [4.78, 5) is 27.7. The van der Waals surface area contributed by atoms with Crippen LogP contribution in [0.3, 0.4) is 0 Å². The molecule has 0 radical (unpaired) electrons. The molecule has 4 nitrogen and oxygen atoms in total. The number of alkyl halides is 1. The van der Waals surface area contributed by atoms with E-state index >= 15 is 0 Å². The maximum atomic E-state index is 13.2. The number of halogens is 2. The summed E-state index contributed by atoms with van der Waals surface area (Å²) in [7, 11) is 0. The summed E-state index contributed by atoms with van der Waals surface area (Å²) >= 11 is 11.9. The fraction of sp³-hybridized carbons (Fsp3) is 0.600. The van der Waals surface area contributed by atoms with Gasteiger partial charge in [0.05, 0.1) is 0 Å². The van der Waals surface area contributed by atoms with Crippen molar-refractivity contribution in [3.05, 3.63) is 34.9 Å². The molecule has 6 heteroatoms. The Hall–Kier alpha value is -1.26. The summed E-state index contributed by atoms with van der Waals surface area (Å²) in [6.07, 6.45) is 8.29. The normalized spacial score (nSPS) is 19.5. The van der Waals surface area contributed by atoms with Crippen molar-refractivity contribution < 1.29 is 9.59 Å². The molecule has 2 fully saturated rings. The van der Waals surface area contributed by atoms with Crippen molar-refractivity contribution in [2.75, 3.05) is 5.88 Å². The maximum Gasteiger partial charge on any atom is 0.247 e. The molecule has 0 aromatic heterocycles. The van der Waals surface area contributed by atoms with Crippen LogP contribution in [0.15, 0.2) is 24.3 Å². The summed E-state index contributed by atoms with van der Waals surface area (Å²) in [6.45, 7) is 0. The van der Waals surface area contributed by atoms with Gasteiger partial charge in [0.15, 0.2) is 0 Å². The minimum Gasteiger partial charge on any atom is -0.351 e. The van der Waals surface area contributed by atoms with Gasteiger partial charge in [0.1, 0.15) is 11.9 Å². The van der Waals surface area contributed by atoms with Crippen molar-refractivity contribution in [1.82, 2.24) is 10.2 Å². The lowest BCUT2D eigenvalue weighted by atomic mass is 10.0. The van der Waals surface area contributed by atoms with Crippen LogP contribution in [0.4, 0.5) is 0 Å². The van der Waals surface area contributed by atoms with Crippen molar-refractivity contribution in [3.8, 4) is 0 Å². The van der Waals surface area contributed by atoms with Crippen molar-refractivity contribution in [1.29, 1.82) is 0 Å². The van der Waals surface area contributed by atoms with Crippen LogP contribution in [0.1, 0.15) is 63.0 Å². The van der Waals surface area contributed by atoms with E-state index in [1.807, 2.05) is 12.1 Å². The van der Waals surface area contributed by atoms with Gasteiger partial charge in [-0.05, 0) is 43.4 Å². The topological polar surface area (TPSA) is 49.4 Å². The molecule has 1 aromatic carbocycles. The second-order valence-corrected chi connectivity index (χ2v) is 8.02. The number of hydrogen-bond acceptors (Lipinski definition) is 2. The predicted molar refractivity (Wildman–Crippen MR) is 104 cm³/mol. The van der Waals surface area contributed by atoms with Crippen LogP contribution in [-0.4, -0.2) is 34.7 Å². The van der Waals surface area contributed by atoms with Crippen molar-refractivity contribution in [2.45, 2.75) is 69.5 Å². The van der Waals surface area contributed by atoms with Gasteiger partial charge in [-0.2, -0.15) is 0 Å². The lowest BCUT2D eigenvalue weighted by Gasteiger charge is -2.36. The quantitative estimate of drug-likeness (QED) is 0.721. The molecule has 0 aliphatic heterocycles. The van der Waals surface area contributed by atoms with E-state index in [1.54, 1.807) is 17.0 Å². The fourth-order valence-corrected chi connectivity index (χ4v) is 4.51. The molecule has 0 spiro atoms. The highest BCUT2D eigenvalue weighted by atomic mass is 35.5. The molecule has 1 atom stereocenters. The Morgan fingerprint density at radius 1 is 1.04 bits per heavy atom. The number of hydrogen-bond donors (Lipinski definition) is 1. The van der Waals surface area contributed by atoms with Gasteiger partial charge in [-0.1, -0.05) is 49.4 Å². The van der Waals surface area contributed by atoms with E-state index in [0.29, 0.717) is 5.02 Å². The number of rotatable bonds is 6. The average Bonchev–Trinajstić information content (AvgIpc) is 3.34. The van der Waals surface area contributed by atoms with Gasteiger partial charge in [0, 0.05) is 17.1 Å². The first-order valence-electron chi connectivity index (χ1n) is 9.53. The number of carbonyl (C=O) groups is 2. The average molecular weight is 397 g/mol. The van der Waals surface area contributed by atoms with Crippen LogP contribution >= 0.6 is 23.2 Å². The number of benzene rings is 1. The Balaban J connectivity index is 1.92. The van der Waals surface area contributed by atoms with Gasteiger partial charge in [0.25, 0.3) is 0 Å². The molecule has 142 valence electrons. The van der Waals surface area contributed by atoms with Gasteiger partial charge in [-0.3, -0.25) is 9.59 Å². The molecule has 3 rings (SSSR count). The van der Waals surface area contributed by atoms with E-state index < -0.39 is 6.04 Å². The first-order chi connectivity index (χ1) is 12.6. The lowest BCUT2D eigenvalue weighted by Crippen LogP contribution is -2.50.